The van der Waals surface area contributed by atoms with Crippen LogP contribution in [0.3, 0.4) is 0 Å². The SMILES string of the molecule is CCS(=O)(=O)C1CSCCN1C(N)=NC1CCCC1. The van der Waals surface area contributed by atoms with E-state index in [1.165, 1.54) is 12.8 Å². The van der Waals surface area contributed by atoms with Crippen LogP contribution in [0.25, 0.3) is 0 Å². The molecule has 1 aliphatic heterocycles. The van der Waals surface area contributed by atoms with E-state index in [1.54, 1.807) is 23.6 Å². The molecule has 5 nitrogen and oxygen atoms in total. The summed E-state index contributed by atoms with van der Waals surface area (Å²) in [6.07, 6.45) is 4.56. The topological polar surface area (TPSA) is 75.8 Å². The Labute approximate surface area is 119 Å². The smallest absolute Gasteiger partial charge is 0.192 e. The lowest BCUT2D eigenvalue weighted by molar-refractivity contribution is 0.401. The van der Waals surface area contributed by atoms with Gasteiger partial charge in [-0.1, -0.05) is 19.8 Å². The summed E-state index contributed by atoms with van der Waals surface area (Å²) in [5.74, 6) is 2.09. The van der Waals surface area contributed by atoms with Crippen molar-refractivity contribution < 1.29 is 8.42 Å². The van der Waals surface area contributed by atoms with Crippen LogP contribution in [0.15, 0.2) is 4.99 Å². The Kier molecular flexibility index (Phi) is 5.00. The molecule has 0 radical (unpaired) electrons. The van der Waals surface area contributed by atoms with Crippen molar-refractivity contribution in [3.63, 3.8) is 0 Å². The highest BCUT2D eigenvalue weighted by molar-refractivity contribution is 8.01. The maximum Gasteiger partial charge on any atom is 0.192 e. The summed E-state index contributed by atoms with van der Waals surface area (Å²) in [7, 11) is -3.10. The van der Waals surface area contributed by atoms with Gasteiger partial charge in [0, 0.05) is 23.8 Å². The molecule has 2 aliphatic rings. The second kappa shape index (κ2) is 6.35. The van der Waals surface area contributed by atoms with Gasteiger partial charge in [0.25, 0.3) is 0 Å². The first-order valence-electron chi connectivity index (χ1n) is 6.94. The van der Waals surface area contributed by atoms with E-state index in [0.29, 0.717) is 24.3 Å². The molecule has 0 spiro atoms. The lowest BCUT2D eigenvalue weighted by atomic mass is 10.3. The van der Waals surface area contributed by atoms with Crippen molar-refractivity contribution in [2.45, 2.75) is 44.0 Å². The minimum atomic E-state index is -3.10. The van der Waals surface area contributed by atoms with Crippen molar-refractivity contribution in [3.05, 3.63) is 0 Å². The van der Waals surface area contributed by atoms with Crippen molar-refractivity contribution in [2.24, 2.45) is 10.7 Å². The predicted octanol–water partition coefficient (Wildman–Crippen LogP) is 1.05. The third-order valence-corrected chi connectivity index (χ3v) is 7.12. The number of hydrogen-bond acceptors (Lipinski definition) is 4. The molecule has 1 unspecified atom stereocenters. The summed E-state index contributed by atoms with van der Waals surface area (Å²) >= 11 is 1.68. The number of rotatable bonds is 3. The largest absolute Gasteiger partial charge is 0.370 e. The molecule has 1 atom stereocenters. The maximum atomic E-state index is 12.1. The minimum absolute atomic E-state index is 0.158. The molecule has 2 rings (SSSR count). The molecular formula is C12H23N3O2S2. The van der Waals surface area contributed by atoms with E-state index in [1.807, 2.05) is 0 Å². The predicted molar refractivity (Wildman–Crippen MR) is 81.2 cm³/mol. The lowest BCUT2D eigenvalue weighted by Gasteiger charge is -2.35. The van der Waals surface area contributed by atoms with Crippen LogP contribution in [0, 0.1) is 0 Å². The van der Waals surface area contributed by atoms with Crippen LogP contribution in [0.2, 0.25) is 0 Å². The fourth-order valence-electron chi connectivity index (χ4n) is 2.63. The van der Waals surface area contributed by atoms with Crippen molar-refractivity contribution in [2.75, 3.05) is 23.8 Å². The van der Waals surface area contributed by atoms with Crippen LogP contribution >= 0.6 is 11.8 Å². The molecule has 1 aliphatic carbocycles. The first-order valence-corrected chi connectivity index (χ1v) is 9.81. The Hall–Kier alpha value is -0.430. The Balaban J connectivity index is 2.14. The van der Waals surface area contributed by atoms with Gasteiger partial charge in [0.2, 0.25) is 0 Å². The maximum absolute atomic E-state index is 12.1. The van der Waals surface area contributed by atoms with Crippen molar-refractivity contribution >= 4 is 27.6 Å². The van der Waals surface area contributed by atoms with E-state index in [-0.39, 0.29) is 5.75 Å². The number of nitrogens with two attached hydrogens (primary N) is 1. The fraction of sp³-hybridized carbons (Fsp3) is 0.917. The molecule has 7 heteroatoms. The average Bonchev–Trinajstić information content (AvgIpc) is 2.91. The van der Waals surface area contributed by atoms with Crippen molar-refractivity contribution in [1.82, 2.24) is 4.90 Å². The Bertz CT molecular complexity index is 430. The Morgan fingerprint density at radius 1 is 1.42 bits per heavy atom. The molecule has 0 amide bonds. The summed E-state index contributed by atoms with van der Waals surface area (Å²) < 4.78 is 24.3. The third-order valence-electron chi connectivity index (χ3n) is 3.84. The number of hydrogen-bond donors (Lipinski definition) is 1. The first-order chi connectivity index (χ1) is 9.04. The van der Waals surface area contributed by atoms with E-state index in [0.717, 1.165) is 18.6 Å². The van der Waals surface area contributed by atoms with Crippen LogP contribution < -0.4 is 5.73 Å². The monoisotopic (exact) mass is 305 g/mol. The third kappa shape index (κ3) is 3.56. The van der Waals surface area contributed by atoms with Crippen LogP contribution in [0.1, 0.15) is 32.6 Å². The summed E-state index contributed by atoms with van der Waals surface area (Å²) in [5, 5.41) is -0.499. The highest BCUT2D eigenvalue weighted by Gasteiger charge is 2.34. The van der Waals surface area contributed by atoms with Gasteiger partial charge in [0.1, 0.15) is 5.37 Å². The molecule has 0 aromatic rings. The van der Waals surface area contributed by atoms with Gasteiger partial charge >= 0.3 is 0 Å². The van der Waals surface area contributed by atoms with Crippen LogP contribution in [-0.2, 0) is 9.84 Å². The Morgan fingerprint density at radius 2 is 2.11 bits per heavy atom. The van der Waals surface area contributed by atoms with Gasteiger partial charge in [-0.25, -0.2) is 13.4 Å². The van der Waals surface area contributed by atoms with Gasteiger partial charge in [0.05, 0.1) is 6.04 Å². The van der Waals surface area contributed by atoms with Gasteiger partial charge < -0.3 is 10.6 Å². The van der Waals surface area contributed by atoms with E-state index in [4.69, 9.17) is 5.73 Å². The van der Waals surface area contributed by atoms with E-state index in [2.05, 4.69) is 4.99 Å². The summed E-state index contributed by atoms with van der Waals surface area (Å²) in [5.41, 5.74) is 6.07. The summed E-state index contributed by atoms with van der Waals surface area (Å²) in [6.45, 7) is 2.37. The average molecular weight is 305 g/mol. The molecule has 0 aromatic carbocycles. The molecular weight excluding hydrogens is 282 g/mol. The van der Waals surface area contributed by atoms with Gasteiger partial charge in [-0.2, -0.15) is 11.8 Å². The normalized spacial score (nSPS) is 26.9. The zero-order valence-electron chi connectivity index (χ0n) is 11.4. The lowest BCUT2D eigenvalue weighted by Crippen LogP contribution is -2.53. The van der Waals surface area contributed by atoms with Crippen molar-refractivity contribution in [1.29, 1.82) is 0 Å². The van der Waals surface area contributed by atoms with Gasteiger partial charge in [-0.15, -0.1) is 0 Å². The molecule has 2 N–H and O–H groups in total. The number of aliphatic imine (C=N–C) groups is 1. The van der Waals surface area contributed by atoms with Gasteiger partial charge in [-0.05, 0) is 12.8 Å². The highest BCUT2D eigenvalue weighted by Crippen LogP contribution is 2.24. The molecule has 1 saturated heterocycles. The molecule has 19 heavy (non-hydrogen) atoms. The number of sulfone groups is 1. The van der Waals surface area contributed by atoms with Crippen molar-refractivity contribution in [3.8, 4) is 0 Å². The van der Waals surface area contributed by atoms with E-state index >= 15 is 0 Å². The summed E-state index contributed by atoms with van der Waals surface area (Å²) in [6, 6.07) is 0.291. The molecule has 2 fully saturated rings. The zero-order chi connectivity index (χ0) is 13.9. The molecule has 110 valence electrons. The highest BCUT2D eigenvalue weighted by atomic mass is 32.2. The van der Waals surface area contributed by atoms with Crippen LogP contribution in [-0.4, -0.2) is 54.5 Å². The summed E-state index contributed by atoms with van der Waals surface area (Å²) in [4.78, 5) is 6.34. The van der Waals surface area contributed by atoms with Crippen LogP contribution in [0.5, 0.6) is 0 Å². The Morgan fingerprint density at radius 3 is 2.74 bits per heavy atom. The fourth-order valence-corrected chi connectivity index (χ4v) is 5.61. The van der Waals surface area contributed by atoms with E-state index < -0.39 is 15.2 Å². The number of nitrogens with zero attached hydrogens (tertiary/aromatic N) is 2. The molecule has 0 aromatic heterocycles. The van der Waals surface area contributed by atoms with E-state index in [9.17, 15) is 8.42 Å². The second-order valence-electron chi connectivity index (χ2n) is 5.10. The molecule has 1 saturated carbocycles. The first kappa shape index (κ1) is 15.0. The van der Waals surface area contributed by atoms with Gasteiger partial charge in [-0.3, -0.25) is 0 Å². The standard InChI is InChI=1S/C12H23N3O2S2/c1-2-19(16,17)11-9-18-8-7-15(11)12(13)14-10-5-3-4-6-10/h10-11H,2-9H2,1H3,(H2,13,14). The quantitative estimate of drug-likeness (QED) is 0.623. The number of guanidine groups is 1. The molecule has 1 heterocycles. The molecule has 0 bridgehead atoms. The zero-order valence-corrected chi connectivity index (χ0v) is 13.0. The second-order valence-corrected chi connectivity index (χ2v) is 8.70. The number of thioether (sulfide) groups is 1. The minimum Gasteiger partial charge on any atom is -0.370 e. The van der Waals surface area contributed by atoms with Crippen LogP contribution in [0.4, 0.5) is 0 Å². The van der Waals surface area contributed by atoms with Gasteiger partial charge in [0.15, 0.2) is 15.8 Å².